The maximum atomic E-state index is 12.3. The van der Waals surface area contributed by atoms with E-state index < -0.39 is 18.6 Å². The minimum Gasteiger partial charge on any atom is -0.357 e. The first-order valence-electron chi connectivity index (χ1n) is 8.16. The lowest BCUT2D eigenvalue weighted by molar-refractivity contribution is -0.157. The topological polar surface area (TPSA) is 56.7 Å². The van der Waals surface area contributed by atoms with Gasteiger partial charge in [-0.15, -0.1) is 0 Å². The number of rotatable bonds is 7. The van der Waals surface area contributed by atoms with Crippen LogP contribution >= 0.6 is 0 Å². The highest BCUT2D eigenvalue weighted by Gasteiger charge is 2.31. The molecule has 0 unspecified atom stereocenters. The summed E-state index contributed by atoms with van der Waals surface area (Å²) >= 11 is 0. The van der Waals surface area contributed by atoms with E-state index in [-0.39, 0.29) is 6.54 Å². The Morgan fingerprint density at radius 2 is 1.80 bits per heavy atom. The van der Waals surface area contributed by atoms with Gasteiger partial charge in [-0.3, -0.25) is 4.79 Å². The molecular formula is C17H25F3N4O. The van der Waals surface area contributed by atoms with Crippen LogP contribution in [-0.4, -0.2) is 49.6 Å². The molecule has 0 fully saturated rings. The number of hydrogen-bond donors (Lipinski definition) is 2. The first-order chi connectivity index (χ1) is 11.8. The maximum absolute atomic E-state index is 12.3. The third-order valence-corrected chi connectivity index (χ3v) is 3.50. The van der Waals surface area contributed by atoms with Crippen molar-refractivity contribution in [3.63, 3.8) is 0 Å². The largest absolute Gasteiger partial charge is 0.406 e. The fraction of sp³-hybridized carbons (Fsp3) is 0.529. The second kappa shape index (κ2) is 9.90. The van der Waals surface area contributed by atoms with Crippen molar-refractivity contribution in [1.82, 2.24) is 15.5 Å². The molecule has 5 nitrogen and oxygen atoms in total. The zero-order valence-electron chi connectivity index (χ0n) is 14.8. The highest BCUT2D eigenvalue weighted by atomic mass is 19.4. The summed E-state index contributed by atoms with van der Waals surface area (Å²) in [6.07, 6.45) is -3.52. The van der Waals surface area contributed by atoms with Crippen LogP contribution in [0.4, 0.5) is 13.2 Å². The van der Waals surface area contributed by atoms with Gasteiger partial charge in [-0.25, -0.2) is 4.99 Å². The normalized spacial score (nSPS) is 12.0. The predicted molar refractivity (Wildman–Crippen MR) is 92.3 cm³/mol. The quantitative estimate of drug-likeness (QED) is 0.581. The number of guanidine groups is 1. The van der Waals surface area contributed by atoms with Gasteiger partial charge in [-0.05, 0) is 24.5 Å². The fourth-order valence-electron chi connectivity index (χ4n) is 2.21. The average Bonchev–Trinajstić information content (AvgIpc) is 2.55. The summed E-state index contributed by atoms with van der Waals surface area (Å²) in [6.45, 7) is 3.40. The molecule has 0 saturated heterocycles. The monoisotopic (exact) mass is 358 g/mol. The van der Waals surface area contributed by atoms with E-state index in [0.717, 1.165) is 19.0 Å². The van der Waals surface area contributed by atoms with Crippen LogP contribution in [0.15, 0.2) is 29.3 Å². The minimum absolute atomic E-state index is 0.256. The molecule has 0 aromatic heterocycles. The highest BCUT2D eigenvalue weighted by molar-refractivity contribution is 5.86. The summed E-state index contributed by atoms with van der Waals surface area (Å²) in [5.41, 5.74) is 2.26. The zero-order chi connectivity index (χ0) is 18.9. The SMILES string of the molecule is CCNC(=NCc1ccccc1CC)NCC(=O)N(C)CC(F)(F)F. The number of nitrogens with one attached hydrogen (secondary N) is 2. The van der Waals surface area contributed by atoms with Crippen LogP contribution in [0.5, 0.6) is 0 Å². The predicted octanol–water partition coefficient (Wildman–Crippen LogP) is 2.32. The van der Waals surface area contributed by atoms with Crippen LogP contribution in [0.1, 0.15) is 25.0 Å². The number of nitrogens with zero attached hydrogens (tertiary/aromatic N) is 2. The Hall–Kier alpha value is -2.25. The number of carbonyl (C=O) groups excluding carboxylic acids is 1. The summed E-state index contributed by atoms with van der Waals surface area (Å²) in [5.74, 6) is -0.265. The van der Waals surface area contributed by atoms with Crippen molar-refractivity contribution in [3.8, 4) is 0 Å². The van der Waals surface area contributed by atoms with E-state index in [4.69, 9.17) is 0 Å². The molecule has 1 aromatic carbocycles. The van der Waals surface area contributed by atoms with Gasteiger partial charge in [0.2, 0.25) is 5.91 Å². The molecule has 1 rings (SSSR count). The fourth-order valence-corrected chi connectivity index (χ4v) is 2.21. The van der Waals surface area contributed by atoms with Crippen molar-refractivity contribution >= 4 is 11.9 Å². The van der Waals surface area contributed by atoms with Gasteiger partial charge in [0.25, 0.3) is 0 Å². The number of amides is 1. The Bertz CT molecular complexity index is 588. The molecule has 0 aliphatic rings. The van der Waals surface area contributed by atoms with Gasteiger partial charge in [-0.1, -0.05) is 31.2 Å². The summed E-state index contributed by atoms with van der Waals surface area (Å²) in [4.78, 5) is 16.8. The first kappa shape index (κ1) is 20.8. The number of likely N-dealkylation sites (N-methyl/N-ethyl adjacent to an activating group) is 1. The number of alkyl halides is 3. The molecule has 2 N–H and O–H groups in total. The van der Waals surface area contributed by atoms with Crippen molar-refractivity contribution in [2.24, 2.45) is 4.99 Å². The van der Waals surface area contributed by atoms with E-state index in [2.05, 4.69) is 22.5 Å². The Balaban J connectivity index is 2.66. The van der Waals surface area contributed by atoms with Crippen LogP contribution in [0, 0.1) is 0 Å². The lowest BCUT2D eigenvalue weighted by Crippen LogP contribution is -2.45. The van der Waals surface area contributed by atoms with Crippen LogP contribution in [0.2, 0.25) is 0 Å². The van der Waals surface area contributed by atoms with E-state index in [9.17, 15) is 18.0 Å². The van der Waals surface area contributed by atoms with Gasteiger partial charge in [0, 0.05) is 13.6 Å². The third-order valence-electron chi connectivity index (χ3n) is 3.50. The van der Waals surface area contributed by atoms with Gasteiger partial charge in [0.05, 0.1) is 13.1 Å². The second-order valence-corrected chi connectivity index (χ2v) is 5.54. The van der Waals surface area contributed by atoms with Crippen molar-refractivity contribution < 1.29 is 18.0 Å². The molecule has 0 saturated carbocycles. The molecule has 1 aromatic rings. The van der Waals surface area contributed by atoms with E-state index in [0.29, 0.717) is 23.9 Å². The lowest BCUT2D eigenvalue weighted by Gasteiger charge is -2.20. The van der Waals surface area contributed by atoms with E-state index in [1.54, 1.807) is 0 Å². The molecule has 0 spiro atoms. The van der Waals surface area contributed by atoms with E-state index in [1.165, 1.54) is 5.56 Å². The van der Waals surface area contributed by atoms with Crippen LogP contribution < -0.4 is 10.6 Å². The van der Waals surface area contributed by atoms with E-state index in [1.807, 2.05) is 31.2 Å². The molecule has 140 valence electrons. The highest BCUT2D eigenvalue weighted by Crippen LogP contribution is 2.15. The second-order valence-electron chi connectivity index (χ2n) is 5.54. The average molecular weight is 358 g/mol. The van der Waals surface area contributed by atoms with Crippen LogP contribution in [0.25, 0.3) is 0 Å². The van der Waals surface area contributed by atoms with Crippen molar-refractivity contribution in [2.45, 2.75) is 33.0 Å². The Kier molecular flexibility index (Phi) is 8.24. The standard InChI is InChI=1S/C17H25F3N4O/c1-4-13-8-6-7-9-14(13)10-22-16(21-5-2)23-11-15(25)24(3)12-17(18,19)20/h6-9H,4-5,10-12H2,1-3H3,(H2,21,22,23). The number of halogens is 3. The number of carbonyl (C=O) groups is 1. The molecular weight excluding hydrogens is 333 g/mol. The van der Waals surface area contributed by atoms with E-state index >= 15 is 0 Å². The molecule has 0 bridgehead atoms. The lowest BCUT2D eigenvalue weighted by atomic mass is 10.1. The van der Waals surface area contributed by atoms with Gasteiger partial charge in [0.15, 0.2) is 5.96 Å². The van der Waals surface area contributed by atoms with Crippen molar-refractivity contribution in [3.05, 3.63) is 35.4 Å². The molecule has 0 heterocycles. The van der Waals surface area contributed by atoms with Gasteiger partial charge in [-0.2, -0.15) is 13.2 Å². The Labute approximate surface area is 146 Å². The Morgan fingerprint density at radius 3 is 2.36 bits per heavy atom. The molecule has 1 amide bonds. The molecule has 0 aliphatic heterocycles. The number of aryl methyl sites for hydroxylation is 1. The molecule has 0 radical (unpaired) electrons. The van der Waals surface area contributed by atoms with Crippen molar-refractivity contribution in [1.29, 1.82) is 0 Å². The van der Waals surface area contributed by atoms with Crippen molar-refractivity contribution in [2.75, 3.05) is 26.7 Å². The molecule has 0 aliphatic carbocycles. The number of hydrogen-bond acceptors (Lipinski definition) is 2. The first-order valence-corrected chi connectivity index (χ1v) is 8.16. The summed E-state index contributed by atoms with van der Waals surface area (Å²) in [7, 11) is 1.12. The molecule has 25 heavy (non-hydrogen) atoms. The number of benzene rings is 1. The van der Waals surface area contributed by atoms with Gasteiger partial charge < -0.3 is 15.5 Å². The van der Waals surface area contributed by atoms with Gasteiger partial charge in [0.1, 0.15) is 6.54 Å². The van der Waals surface area contributed by atoms with Gasteiger partial charge >= 0.3 is 6.18 Å². The summed E-state index contributed by atoms with van der Waals surface area (Å²) in [6, 6.07) is 7.90. The van der Waals surface area contributed by atoms with Crippen LogP contribution in [-0.2, 0) is 17.8 Å². The maximum Gasteiger partial charge on any atom is 0.406 e. The van der Waals surface area contributed by atoms with Crippen LogP contribution in [0.3, 0.4) is 0 Å². The number of aliphatic imine (C=N–C) groups is 1. The molecule has 0 atom stereocenters. The third kappa shape index (κ3) is 7.91. The Morgan fingerprint density at radius 1 is 1.16 bits per heavy atom. The summed E-state index contributed by atoms with van der Waals surface area (Å²) < 4.78 is 36.9. The zero-order valence-corrected chi connectivity index (χ0v) is 14.8. The summed E-state index contributed by atoms with van der Waals surface area (Å²) in [5, 5.41) is 5.75. The minimum atomic E-state index is -4.41. The molecule has 8 heteroatoms. The smallest absolute Gasteiger partial charge is 0.357 e.